The molecule has 0 spiro atoms. The molecule has 0 bridgehead atoms. The van der Waals surface area contributed by atoms with Crippen molar-refractivity contribution in [1.82, 2.24) is 5.32 Å². The van der Waals surface area contributed by atoms with Crippen LogP contribution in [0.15, 0.2) is 109 Å². The van der Waals surface area contributed by atoms with E-state index in [0.717, 1.165) is 89.9 Å². The number of rotatable bonds is 41. The Hall–Kier alpha value is -2.95. The molecule has 0 aliphatic rings. The standard InChI is InChI=1S/C53H89NO3/c1-3-5-7-9-11-13-15-17-18-19-20-21-22-23-24-25-26-27-28-29-30-31-32-33-34-35-36-37-39-41-43-45-47-49-53(57)54-51(50-55)52(56)48-46-44-42-40-38-16-14-12-10-8-6-4-2/h5,7,11,13,17-18,20-21,23-24,26-27,29-30,32-33,46,48,51-52,55-56H,3-4,6,8-10,12,14-16,19,22,25,28,31,34-45,47,49-50H2,1-2H3,(H,54,57)/b7-5-,13-11-,18-17-,21-20-,24-23-,27-26-,30-29-,33-32-,48-46+. The highest BCUT2D eigenvalue weighted by Crippen LogP contribution is 2.13. The van der Waals surface area contributed by atoms with Crippen molar-refractivity contribution in [2.45, 2.75) is 212 Å². The van der Waals surface area contributed by atoms with E-state index in [9.17, 15) is 15.0 Å². The molecular formula is C53H89NO3. The Morgan fingerprint density at radius 2 is 0.772 bits per heavy atom. The number of carbonyl (C=O) groups excluding carboxylic acids is 1. The summed E-state index contributed by atoms with van der Waals surface area (Å²) in [5, 5.41) is 23.0. The third kappa shape index (κ3) is 44.0. The number of unbranched alkanes of at least 4 members (excludes halogenated alkanes) is 18. The highest BCUT2D eigenvalue weighted by Gasteiger charge is 2.17. The largest absolute Gasteiger partial charge is 0.394 e. The number of hydrogen-bond donors (Lipinski definition) is 3. The zero-order valence-corrected chi connectivity index (χ0v) is 37.1. The van der Waals surface area contributed by atoms with E-state index in [1.54, 1.807) is 6.08 Å². The van der Waals surface area contributed by atoms with Crippen LogP contribution in [0.25, 0.3) is 0 Å². The Bertz CT molecular complexity index is 1120. The van der Waals surface area contributed by atoms with E-state index in [1.165, 1.54) is 89.9 Å². The van der Waals surface area contributed by atoms with Gasteiger partial charge in [0.2, 0.25) is 5.91 Å². The summed E-state index contributed by atoms with van der Waals surface area (Å²) in [4.78, 5) is 12.4. The molecule has 2 unspecified atom stereocenters. The number of aliphatic hydroxyl groups is 2. The van der Waals surface area contributed by atoms with Gasteiger partial charge in [-0.25, -0.2) is 0 Å². The number of aliphatic hydroxyl groups excluding tert-OH is 2. The van der Waals surface area contributed by atoms with Gasteiger partial charge in [-0.2, -0.15) is 0 Å². The van der Waals surface area contributed by atoms with E-state index in [-0.39, 0.29) is 12.5 Å². The molecule has 0 fully saturated rings. The first-order valence-corrected chi connectivity index (χ1v) is 23.6. The van der Waals surface area contributed by atoms with Crippen LogP contribution in [0.4, 0.5) is 0 Å². The molecule has 0 saturated heterocycles. The molecule has 3 N–H and O–H groups in total. The molecule has 4 nitrogen and oxygen atoms in total. The maximum Gasteiger partial charge on any atom is 0.220 e. The smallest absolute Gasteiger partial charge is 0.220 e. The average molecular weight is 788 g/mol. The summed E-state index contributed by atoms with van der Waals surface area (Å²) in [7, 11) is 0. The van der Waals surface area contributed by atoms with Gasteiger partial charge in [0.25, 0.3) is 0 Å². The molecule has 4 heteroatoms. The van der Waals surface area contributed by atoms with Gasteiger partial charge in [0.15, 0.2) is 0 Å². The Labute approximate surface area is 353 Å². The molecule has 0 aliphatic heterocycles. The lowest BCUT2D eigenvalue weighted by atomic mass is 10.0. The SMILES string of the molecule is CC/C=C\C/C=C\C/C=C\C/C=C\C/C=C\C/C=C\C/C=C\C/C=C\CCCCCCCCCCC(=O)NC(CO)C(O)/C=C/CCCCCCCCCCCC. The fraction of sp³-hybridized carbons (Fsp3) is 0.642. The number of carbonyl (C=O) groups is 1. The van der Waals surface area contributed by atoms with Crippen molar-refractivity contribution in [1.29, 1.82) is 0 Å². The first-order chi connectivity index (χ1) is 28.2. The van der Waals surface area contributed by atoms with Crippen molar-refractivity contribution >= 4 is 5.91 Å². The maximum atomic E-state index is 12.4. The van der Waals surface area contributed by atoms with Crippen LogP contribution in [0.5, 0.6) is 0 Å². The van der Waals surface area contributed by atoms with E-state index < -0.39 is 12.1 Å². The van der Waals surface area contributed by atoms with Crippen LogP contribution in [0, 0.1) is 0 Å². The fourth-order valence-electron chi connectivity index (χ4n) is 6.43. The predicted molar refractivity (Wildman–Crippen MR) is 253 cm³/mol. The zero-order valence-electron chi connectivity index (χ0n) is 37.1. The third-order valence-corrected chi connectivity index (χ3v) is 10.0. The van der Waals surface area contributed by atoms with Gasteiger partial charge in [-0.05, 0) is 83.5 Å². The summed E-state index contributed by atoms with van der Waals surface area (Å²) < 4.78 is 0. The second-order valence-electron chi connectivity index (χ2n) is 15.4. The number of hydrogen-bond acceptors (Lipinski definition) is 3. The van der Waals surface area contributed by atoms with Crippen molar-refractivity contribution in [3.8, 4) is 0 Å². The normalized spacial score (nSPS) is 14.0. The van der Waals surface area contributed by atoms with Crippen molar-refractivity contribution in [2.75, 3.05) is 6.61 Å². The quantitative estimate of drug-likeness (QED) is 0.0427. The van der Waals surface area contributed by atoms with Crippen LogP contribution in [0.2, 0.25) is 0 Å². The van der Waals surface area contributed by atoms with Crippen LogP contribution in [0.1, 0.15) is 200 Å². The molecular weight excluding hydrogens is 699 g/mol. The molecule has 2 atom stereocenters. The van der Waals surface area contributed by atoms with Gasteiger partial charge in [-0.3, -0.25) is 4.79 Å². The molecule has 0 radical (unpaired) electrons. The maximum absolute atomic E-state index is 12.4. The van der Waals surface area contributed by atoms with Crippen LogP contribution in [-0.2, 0) is 4.79 Å². The molecule has 0 heterocycles. The second kappa shape index (κ2) is 47.4. The molecule has 324 valence electrons. The molecule has 1 amide bonds. The molecule has 0 rings (SSSR count). The first-order valence-electron chi connectivity index (χ1n) is 23.6. The summed E-state index contributed by atoms with van der Waals surface area (Å²) in [6.45, 7) is 4.17. The van der Waals surface area contributed by atoms with Gasteiger partial charge in [-0.15, -0.1) is 0 Å². The fourth-order valence-corrected chi connectivity index (χ4v) is 6.43. The topological polar surface area (TPSA) is 69.6 Å². The molecule has 0 aliphatic carbocycles. The first kappa shape index (κ1) is 54.0. The van der Waals surface area contributed by atoms with Crippen molar-refractivity contribution in [3.05, 3.63) is 109 Å². The molecule has 0 aromatic carbocycles. The van der Waals surface area contributed by atoms with Gasteiger partial charge in [0, 0.05) is 6.42 Å². The van der Waals surface area contributed by atoms with Crippen LogP contribution in [-0.4, -0.2) is 34.9 Å². The Balaban J connectivity index is 3.64. The minimum Gasteiger partial charge on any atom is -0.394 e. The molecule has 57 heavy (non-hydrogen) atoms. The Morgan fingerprint density at radius 1 is 0.439 bits per heavy atom. The summed E-state index contributed by atoms with van der Waals surface area (Å²) in [6, 6.07) is -0.633. The Kier molecular flexibility index (Phi) is 45.0. The lowest BCUT2D eigenvalue weighted by Gasteiger charge is -2.20. The number of amides is 1. The van der Waals surface area contributed by atoms with Crippen molar-refractivity contribution in [2.24, 2.45) is 0 Å². The molecule has 0 aromatic rings. The van der Waals surface area contributed by atoms with E-state index >= 15 is 0 Å². The number of allylic oxidation sites excluding steroid dienone is 17. The molecule has 0 aromatic heterocycles. The highest BCUT2D eigenvalue weighted by molar-refractivity contribution is 5.76. The highest BCUT2D eigenvalue weighted by atomic mass is 16.3. The minimum absolute atomic E-state index is 0.0791. The van der Waals surface area contributed by atoms with Gasteiger partial charge < -0.3 is 15.5 Å². The zero-order chi connectivity index (χ0) is 41.4. The summed E-state index contributed by atoms with van der Waals surface area (Å²) in [6.07, 6.45) is 72.0. The van der Waals surface area contributed by atoms with Crippen molar-refractivity contribution < 1.29 is 15.0 Å². The summed E-state index contributed by atoms with van der Waals surface area (Å²) in [5.74, 6) is -0.0791. The van der Waals surface area contributed by atoms with E-state index in [1.807, 2.05) is 6.08 Å². The second-order valence-corrected chi connectivity index (χ2v) is 15.4. The van der Waals surface area contributed by atoms with Gasteiger partial charge in [-0.1, -0.05) is 220 Å². The van der Waals surface area contributed by atoms with Crippen LogP contribution in [0.3, 0.4) is 0 Å². The monoisotopic (exact) mass is 788 g/mol. The lowest BCUT2D eigenvalue weighted by Crippen LogP contribution is -2.45. The van der Waals surface area contributed by atoms with E-state index in [0.29, 0.717) is 6.42 Å². The van der Waals surface area contributed by atoms with Gasteiger partial charge >= 0.3 is 0 Å². The van der Waals surface area contributed by atoms with Crippen LogP contribution < -0.4 is 5.32 Å². The summed E-state index contributed by atoms with van der Waals surface area (Å²) in [5.41, 5.74) is 0. The van der Waals surface area contributed by atoms with Crippen molar-refractivity contribution in [3.63, 3.8) is 0 Å². The van der Waals surface area contributed by atoms with Crippen LogP contribution >= 0.6 is 0 Å². The van der Waals surface area contributed by atoms with Gasteiger partial charge in [0.1, 0.15) is 0 Å². The predicted octanol–water partition coefficient (Wildman–Crippen LogP) is 15.2. The summed E-state index contributed by atoms with van der Waals surface area (Å²) >= 11 is 0. The third-order valence-electron chi connectivity index (χ3n) is 10.0. The van der Waals surface area contributed by atoms with Gasteiger partial charge in [0.05, 0.1) is 18.8 Å². The average Bonchev–Trinajstić information content (AvgIpc) is 3.22. The lowest BCUT2D eigenvalue weighted by molar-refractivity contribution is -0.123. The van der Waals surface area contributed by atoms with E-state index in [2.05, 4.69) is 116 Å². The van der Waals surface area contributed by atoms with E-state index in [4.69, 9.17) is 0 Å². The number of nitrogens with one attached hydrogen (secondary N) is 1. The minimum atomic E-state index is -0.848. The molecule has 0 saturated carbocycles. The Morgan fingerprint density at radius 3 is 1.16 bits per heavy atom.